The average molecular weight is 209 g/mol. The van der Waals surface area contributed by atoms with Crippen LogP contribution in [0, 0.1) is 0 Å². The summed E-state index contributed by atoms with van der Waals surface area (Å²) in [6.07, 6.45) is 2.90. The molecule has 0 radical (unpaired) electrons. The van der Waals surface area contributed by atoms with Crippen LogP contribution in [-0.4, -0.2) is 27.1 Å². The van der Waals surface area contributed by atoms with Crippen LogP contribution < -0.4 is 0 Å². The van der Waals surface area contributed by atoms with Gasteiger partial charge in [-0.3, -0.25) is 4.98 Å². The van der Waals surface area contributed by atoms with Gasteiger partial charge in [-0.25, -0.2) is 9.59 Å². The Kier molecular flexibility index (Phi) is 5.40. The monoisotopic (exact) mass is 209 g/mol. The van der Waals surface area contributed by atoms with Crippen LogP contribution in [0.4, 0.5) is 0 Å². The van der Waals surface area contributed by atoms with E-state index in [1.54, 1.807) is 0 Å². The van der Waals surface area contributed by atoms with Gasteiger partial charge in [-0.05, 0) is 19.1 Å². The highest BCUT2D eigenvalue weighted by molar-refractivity contribution is 5.87. The van der Waals surface area contributed by atoms with E-state index in [2.05, 4.69) is 11.6 Å². The summed E-state index contributed by atoms with van der Waals surface area (Å²) in [5.74, 6) is -1.85. The van der Waals surface area contributed by atoms with E-state index >= 15 is 0 Å². The summed E-state index contributed by atoms with van der Waals surface area (Å²) in [7, 11) is 0. The van der Waals surface area contributed by atoms with Crippen LogP contribution in [0.1, 0.15) is 17.3 Å². The molecule has 0 aliphatic heterocycles. The molecule has 1 aromatic rings. The number of aromatic carboxylic acids is 1. The number of hydrogen-bond donors (Lipinski definition) is 2. The van der Waals surface area contributed by atoms with Gasteiger partial charge in [0.05, 0.1) is 5.56 Å². The molecule has 80 valence electrons. The molecule has 1 rings (SSSR count). The van der Waals surface area contributed by atoms with Crippen molar-refractivity contribution < 1.29 is 19.8 Å². The first kappa shape index (κ1) is 12.8. The van der Waals surface area contributed by atoms with E-state index in [1.165, 1.54) is 31.5 Å². The molecule has 0 aliphatic carbocycles. The molecule has 0 aliphatic rings. The fourth-order valence-corrected chi connectivity index (χ4v) is 0.494. The molecule has 1 aromatic heterocycles. The second kappa shape index (κ2) is 6.31. The SMILES string of the molecule is C=C(C)C(=O)O.O=C(O)c1ccncc1. The molecule has 5 heteroatoms. The molecule has 0 aromatic carbocycles. The predicted molar refractivity (Wildman–Crippen MR) is 53.6 cm³/mol. The first-order valence-electron chi connectivity index (χ1n) is 3.97. The topological polar surface area (TPSA) is 87.5 Å². The van der Waals surface area contributed by atoms with Crippen molar-refractivity contribution in [3.05, 3.63) is 42.2 Å². The third-order valence-corrected chi connectivity index (χ3v) is 1.29. The minimum atomic E-state index is -0.935. The van der Waals surface area contributed by atoms with Crippen LogP contribution in [0.3, 0.4) is 0 Å². The number of carbonyl (C=O) groups is 2. The summed E-state index contributed by atoms with van der Waals surface area (Å²) in [5, 5.41) is 16.2. The number of carboxylic acid groups (broad SMARTS) is 2. The number of rotatable bonds is 2. The van der Waals surface area contributed by atoms with Gasteiger partial charge in [0.2, 0.25) is 0 Å². The van der Waals surface area contributed by atoms with Crippen molar-refractivity contribution in [1.29, 1.82) is 0 Å². The van der Waals surface area contributed by atoms with Crippen molar-refractivity contribution in [3.63, 3.8) is 0 Å². The van der Waals surface area contributed by atoms with E-state index in [9.17, 15) is 9.59 Å². The highest BCUT2D eigenvalue weighted by atomic mass is 16.4. The number of nitrogens with zero attached hydrogens (tertiary/aromatic N) is 1. The molecular formula is C10H11NO4. The summed E-state index contributed by atoms with van der Waals surface area (Å²) in [5.41, 5.74) is 0.444. The quantitative estimate of drug-likeness (QED) is 0.719. The normalized spacial score (nSPS) is 8.33. The maximum atomic E-state index is 10.2. The summed E-state index contributed by atoms with van der Waals surface area (Å²) < 4.78 is 0. The Balaban J connectivity index is 0.000000288. The van der Waals surface area contributed by atoms with E-state index in [0.29, 0.717) is 0 Å². The van der Waals surface area contributed by atoms with Gasteiger partial charge >= 0.3 is 11.9 Å². The van der Waals surface area contributed by atoms with E-state index in [0.717, 1.165) is 0 Å². The van der Waals surface area contributed by atoms with Crippen molar-refractivity contribution in [2.45, 2.75) is 6.92 Å². The van der Waals surface area contributed by atoms with Crippen LogP contribution in [-0.2, 0) is 4.79 Å². The molecular weight excluding hydrogens is 198 g/mol. The first-order valence-corrected chi connectivity index (χ1v) is 3.97. The van der Waals surface area contributed by atoms with E-state index in [-0.39, 0.29) is 11.1 Å². The van der Waals surface area contributed by atoms with Crippen LogP contribution in [0.25, 0.3) is 0 Å². The molecule has 15 heavy (non-hydrogen) atoms. The molecule has 0 spiro atoms. The second-order valence-corrected chi connectivity index (χ2v) is 2.63. The summed E-state index contributed by atoms with van der Waals surface area (Å²) in [4.78, 5) is 23.4. The number of pyridine rings is 1. The molecule has 0 amide bonds. The molecule has 5 nitrogen and oxygen atoms in total. The Hall–Kier alpha value is -2.17. The van der Waals surface area contributed by atoms with Gasteiger partial charge in [0.15, 0.2) is 0 Å². The second-order valence-electron chi connectivity index (χ2n) is 2.63. The number of aliphatic carboxylic acids is 1. The van der Waals surface area contributed by atoms with Crippen molar-refractivity contribution >= 4 is 11.9 Å². The van der Waals surface area contributed by atoms with Gasteiger partial charge < -0.3 is 10.2 Å². The van der Waals surface area contributed by atoms with Gasteiger partial charge in [-0.1, -0.05) is 6.58 Å². The van der Waals surface area contributed by atoms with Crippen molar-refractivity contribution in [3.8, 4) is 0 Å². The van der Waals surface area contributed by atoms with Gasteiger partial charge in [-0.15, -0.1) is 0 Å². The summed E-state index contributed by atoms with van der Waals surface area (Å²) >= 11 is 0. The lowest BCUT2D eigenvalue weighted by molar-refractivity contribution is -0.132. The maximum Gasteiger partial charge on any atom is 0.335 e. The summed E-state index contributed by atoms with van der Waals surface area (Å²) in [6, 6.07) is 2.89. The largest absolute Gasteiger partial charge is 0.478 e. The fourth-order valence-electron chi connectivity index (χ4n) is 0.494. The third-order valence-electron chi connectivity index (χ3n) is 1.29. The number of aromatic nitrogens is 1. The van der Waals surface area contributed by atoms with Gasteiger partial charge in [0.1, 0.15) is 0 Å². The molecule has 0 bridgehead atoms. The Labute approximate surface area is 86.7 Å². The highest BCUT2D eigenvalue weighted by Crippen LogP contribution is 1.93. The van der Waals surface area contributed by atoms with Gasteiger partial charge in [0, 0.05) is 18.0 Å². The Morgan fingerprint density at radius 1 is 1.27 bits per heavy atom. The molecule has 0 saturated carbocycles. The van der Waals surface area contributed by atoms with E-state index < -0.39 is 11.9 Å². The van der Waals surface area contributed by atoms with Crippen LogP contribution in [0.15, 0.2) is 36.7 Å². The lowest BCUT2D eigenvalue weighted by atomic mass is 10.3. The van der Waals surface area contributed by atoms with E-state index in [4.69, 9.17) is 10.2 Å². The standard InChI is InChI=1S/C6H5NO2.C4H6O2/c8-6(9)5-1-3-7-4-2-5;1-3(2)4(5)6/h1-4H,(H,8,9);1H2,2H3,(H,5,6). The van der Waals surface area contributed by atoms with Crippen molar-refractivity contribution in [2.24, 2.45) is 0 Å². The molecule has 0 fully saturated rings. The Morgan fingerprint density at radius 3 is 1.87 bits per heavy atom. The Bertz CT molecular complexity index is 347. The fraction of sp³-hybridized carbons (Fsp3) is 0.100. The predicted octanol–water partition coefficient (Wildman–Crippen LogP) is 1.43. The van der Waals surface area contributed by atoms with Crippen molar-refractivity contribution in [1.82, 2.24) is 4.98 Å². The van der Waals surface area contributed by atoms with Crippen LogP contribution >= 0.6 is 0 Å². The van der Waals surface area contributed by atoms with Crippen LogP contribution in [0.2, 0.25) is 0 Å². The minimum Gasteiger partial charge on any atom is -0.478 e. The lowest BCUT2D eigenvalue weighted by Gasteiger charge is -1.87. The molecule has 2 N–H and O–H groups in total. The minimum absolute atomic E-state index is 0.176. The van der Waals surface area contributed by atoms with Gasteiger partial charge in [-0.2, -0.15) is 0 Å². The number of hydrogen-bond acceptors (Lipinski definition) is 3. The zero-order valence-electron chi connectivity index (χ0n) is 8.17. The maximum absolute atomic E-state index is 10.2. The average Bonchev–Trinajstić information content (AvgIpc) is 2.20. The zero-order chi connectivity index (χ0) is 11.8. The molecule has 0 saturated heterocycles. The van der Waals surface area contributed by atoms with Crippen LogP contribution in [0.5, 0.6) is 0 Å². The molecule has 1 heterocycles. The van der Waals surface area contributed by atoms with Crippen molar-refractivity contribution in [2.75, 3.05) is 0 Å². The third kappa shape index (κ3) is 5.98. The smallest absolute Gasteiger partial charge is 0.335 e. The lowest BCUT2D eigenvalue weighted by Crippen LogP contribution is -1.94. The summed E-state index contributed by atoms with van der Waals surface area (Å²) in [6.45, 7) is 4.60. The molecule has 0 atom stereocenters. The first-order chi connectivity index (χ1) is 6.95. The molecule has 0 unspecified atom stereocenters. The van der Waals surface area contributed by atoms with Gasteiger partial charge in [0.25, 0.3) is 0 Å². The number of carboxylic acids is 2. The Morgan fingerprint density at radius 2 is 1.67 bits per heavy atom. The highest BCUT2D eigenvalue weighted by Gasteiger charge is 1.97. The van der Waals surface area contributed by atoms with E-state index in [1.807, 2.05) is 0 Å². The zero-order valence-corrected chi connectivity index (χ0v) is 8.17.